The van der Waals surface area contributed by atoms with Gasteiger partial charge in [-0.15, -0.1) is 0 Å². The predicted octanol–water partition coefficient (Wildman–Crippen LogP) is 3.04. The maximum Gasteiger partial charge on any atom is 0.323 e. The zero-order valence-electron chi connectivity index (χ0n) is 14.2. The standard InChI is InChI=1S/C19H27NO3/c1-22-16-9-7-14(8-10-16)11-12-20-17-6-4-3-5-15(17)13-18(20)19(21)23-2/h7-10,15,17-18H,3-6,11-13H2,1-2H3/t15-,17-,18+/m1/s1. The van der Waals surface area contributed by atoms with Crippen molar-refractivity contribution in [3.63, 3.8) is 0 Å². The Labute approximate surface area is 138 Å². The van der Waals surface area contributed by atoms with Crippen LogP contribution in [0.3, 0.4) is 0 Å². The van der Waals surface area contributed by atoms with Gasteiger partial charge in [0, 0.05) is 12.6 Å². The molecule has 23 heavy (non-hydrogen) atoms. The van der Waals surface area contributed by atoms with Gasteiger partial charge in [0.1, 0.15) is 11.8 Å². The quantitative estimate of drug-likeness (QED) is 0.783. The second-order valence-corrected chi connectivity index (χ2v) is 6.72. The highest BCUT2D eigenvalue weighted by atomic mass is 16.5. The minimum Gasteiger partial charge on any atom is -0.497 e. The molecule has 1 aromatic carbocycles. The van der Waals surface area contributed by atoms with E-state index in [1.54, 1.807) is 7.11 Å². The van der Waals surface area contributed by atoms with Crippen LogP contribution in [0.4, 0.5) is 0 Å². The van der Waals surface area contributed by atoms with Crippen molar-refractivity contribution in [2.75, 3.05) is 20.8 Å². The van der Waals surface area contributed by atoms with E-state index in [1.165, 1.54) is 38.4 Å². The maximum absolute atomic E-state index is 12.2. The summed E-state index contributed by atoms with van der Waals surface area (Å²) in [6, 6.07) is 8.74. The molecule has 0 amide bonds. The minimum absolute atomic E-state index is 0.0497. The first-order valence-corrected chi connectivity index (χ1v) is 8.69. The van der Waals surface area contributed by atoms with E-state index in [4.69, 9.17) is 9.47 Å². The lowest BCUT2D eigenvalue weighted by Gasteiger charge is -2.33. The molecule has 126 valence electrons. The Morgan fingerprint density at radius 1 is 1.17 bits per heavy atom. The van der Waals surface area contributed by atoms with Gasteiger partial charge in [-0.1, -0.05) is 25.0 Å². The van der Waals surface area contributed by atoms with E-state index < -0.39 is 0 Å². The van der Waals surface area contributed by atoms with E-state index in [2.05, 4.69) is 17.0 Å². The lowest BCUT2D eigenvalue weighted by Crippen LogP contribution is -2.43. The van der Waals surface area contributed by atoms with Crippen LogP contribution in [0.5, 0.6) is 5.75 Å². The molecule has 0 spiro atoms. The van der Waals surface area contributed by atoms with Crippen molar-refractivity contribution >= 4 is 5.97 Å². The Morgan fingerprint density at radius 2 is 1.91 bits per heavy atom. The maximum atomic E-state index is 12.2. The van der Waals surface area contributed by atoms with Crippen LogP contribution in [0.2, 0.25) is 0 Å². The fourth-order valence-corrected chi connectivity index (χ4v) is 4.29. The van der Waals surface area contributed by atoms with Crippen LogP contribution in [0.15, 0.2) is 24.3 Å². The Hall–Kier alpha value is -1.55. The second kappa shape index (κ2) is 7.35. The van der Waals surface area contributed by atoms with Gasteiger partial charge in [-0.3, -0.25) is 9.69 Å². The molecule has 0 radical (unpaired) electrons. The Kier molecular flexibility index (Phi) is 5.21. The van der Waals surface area contributed by atoms with Crippen LogP contribution in [0, 0.1) is 5.92 Å². The Balaban J connectivity index is 1.67. The molecule has 1 aromatic rings. The first-order chi connectivity index (χ1) is 11.2. The Bertz CT molecular complexity index is 528. The molecule has 0 N–H and O–H groups in total. The SMILES string of the molecule is COC(=O)[C@@H]1C[C@H]2CCCC[C@H]2N1CCc1ccc(OC)cc1. The number of esters is 1. The molecular weight excluding hydrogens is 290 g/mol. The van der Waals surface area contributed by atoms with Crippen molar-refractivity contribution in [2.45, 2.75) is 50.6 Å². The predicted molar refractivity (Wildman–Crippen MR) is 89.6 cm³/mol. The summed E-state index contributed by atoms with van der Waals surface area (Å²) in [5, 5.41) is 0. The number of rotatable bonds is 5. The molecule has 0 aromatic heterocycles. The first kappa shape index (κ1) is 16.3. The molecule has 1 saturated carbocycles. The summed E-state index contributed by atoms with van der Waals surface area (Å²) in [7, 11) is 3.19. The number of hydrogen-bond acceptors (Lipinski definition) is 4. The normalized spacial score (nSPS) is 27.5. The van der Waals surface area contributed by atoms with Crippen molar-refractivity contribution in [1.82, 2.24) is 4.90 Å². The van der Waals surface area contributed by atoms with Gasteiger partial charge in [-0.25, -0.2) is 0 Å². The summed E-state index contributed by atoms with van der Waals surface area (Å²) < 4.78 is 10.3. The summed E-state index contributed by atoms with van der Waals surface area (Å²) >= 11 is 0. The van der Waals surface area contributed by atoms with Crippen LogP contribution in [-0.4, -0.2) is 43.7 Å². The smallest absolute Gasteiger partial charge is 0.323 e. The van der Waals surface area contributed by atoms with Crippen LogP contribution in [0.25, 0.3) is 0 Å². The molecule has 4 nitrogen and oxygen atoms in total. The number of nitrogens with zero attached hydrogens (tertiary/aromatic N) is 1. The molecule has 1 aliphatic heterocycles. The van der Waals surface area contributed by atoms with Crippen LogP contribution < -0.4 is 4.74 Å². The van der Waals surface area contributed by atoms with Gasteiger partial charge in [0.2, 0.25) is 0 Å². The Morgan fingerprint density at radius 3 is 2.61 bits per heavy atom. The van der Waals surface area contributed by atoms with Crippen LogP contribution >= 0.6 is 0 Å². The zero-order valence-corrected chi connectivity index (χ0v) is 14.2. The lowest BCUT2D eigenvalue weighted by atomic mass is 9.84. The summed E-state index contributed by atoms with van der Waals surface area (Å²) in [5.74, 6) is 1.49. The van der Waals surface area contributed by atoms with Crippen molar-refractivity contribution in [2.24, 2.45) is 5.92 Å². The van der Waals surface area contributed by atoms with Gasteiger partial charge < -0.3 is 9.47 Å². The van der Waals surface area contributed by atoms with Crippen LogP contribution in [0.1, 0.15) is 37.7 Å². The fraction of sp³-hybridized carbons (Fsp3) is 0.632. The fourth-order valence-electron chi connectivity index (χ4n) is 4.29. The van der Waals surface area contributed by atoms with E-state index in [1.807, 2.05) is 12.1 Å². The molecule has 2 aliphatic rings. The number of likely N-dealkylation sites (tertiary alicyclic amines) is 1. The van der Waals surface area contributed by atoms with Crippen molar-refractivity contribution in [1.29, 1.82) is 0 Å². The van der Waals surface area contributed by atoms with Gasteiger partial charge >= 0.3 is 5.97 Å². The van der Waals surface area contributed by atoms with Gasteiger partial charge in [0.15, 0.2) is 0 Å². The molecule has 1 heterocycles. The molecule has 0 bridgehead atoms. The zero-order chi connectivity index (χ0) is 16.2. The highest BCUT2D eigenvalue weighted by molar-refractivity contribution is 5.76. The summed E-state index contributed by atoms with van der Waals surface area (Å²) in [6.07, 6.45) is 7.01. The monoisotopic (exact) mass is 317 g/mol. The number of carbonyl (C=O) groups excluding carboxylic acids is 1. The molecule has 3 rings (SSSR count). The molecule has 2 fully saturated rings. The van der Waals surface area contributed by atoms with Crippen LogP contribution in [-0.2, 0) is 16.0 Å². The van der Waals surface area contributed by atoms with Crippen molar-refractivity contribution in [3.8, 4) is 5.75 Å². The lowest BCUT2D eigenvalue weighted by molar-refractivity contribution is -0.146. The van der Waals surface area contributed by atoms with Gasteiger partial charge in [0.25, 0.3) is 0 Å². The third-order valence-electron chi connectivity index (χ3n) is 5.51. The highest BCUT2D eigenvalue weighted by Gasteiger charge is 2.45. The van der Waals surface area contributed by atoms with E-state index in [-0.39, 0.29) is 12.0 Å². The molecule has 1 aliphatic carbocycles. The summed E-state index contributed by atoms with van der Waals surface area (Å²) in [4.78, 5) is 14.6. The minimum atomic E-state index is -0.0610. The molecule has 3 atom stereocenters. The number of ether oxygens (including phenoxy) is 2. The van der Waals surface area contributed by atoms with Gasteiger partial charge in [0.05, 0.1) is 14.2 Å². The second-order valence-electron chi connectivity index (χ2n) is 6.72. The summed E-state index contributed by atoms with van der Waals surface area (Å²) in [6.45, 7) is 0.924. The average molecular weight is 317 g/mol. The largest absolute Gasteiger partial charge is 0.497 e. The molecule has 0 unspecified atom stereocenters. The molecule has 1 saturated heterocycles. The third kappa shape index (κ3) is 3.52. The van der Waals surface area contributed by atoms with Gasteiger partial charge in [-0.05, 0) is 49.3 Å². The van der Waals surface area contributed by atoms with E-state index >= 15 is 0 Å². The number of benzene rings is 1. The first-order valence-electron chi connectivity index (χ1n) is 8.69. The number of carbonyl (C=O) groups is 1. The van der Waals surface area contributed by atoms with E-state index in [0.29, 0.717) is 12.0 Å². The molecule has 4 heteroatoms. The summed E-state index contributed by atoms with van der Waals surface area (Å²) in [5.41, 5.74) is 1.29. The highest BCUT2D eigenvalue weighted by Crippen LogP contribution is 2.40. The number of methoxy groups -OCH3 is 2. The van der Waals surface area contributed by atoms with Gasteiger partial charge in [-0.2, -0.15) is 0 Å². The molecular formula is C19H27NO3. The van der Waals surface area contributed by atoms with E-state index in [9.17, 15) is 4.79 Å². The number of fused-ring (bicyclic) bond motifs is 1. The third-order valence-corrected chi connectivity index (χ3v) is 5.51. The number of hydrogen-bond donors (Lipinski definition) is 0. The average Bonchev–Trinajstić information content (AvgIpc) is 2.98. The van der Waals surface area contributed by atoms with E-state index in [0.717, 1.165) is 25.1 Å². The van der Waals surface area contributed by atoms with Crippen molar-refractivity contribution in [3.05, 3.63) is 29.8 Å². The van der Waals surface area contributed by atoms with Crippen molar-refractivity contribution < 1.29 is 14.3 Å². The topological polar surface area (TPSA) is 38.8 Å².